The van der Waals surface area contributed by atoms with Gasteiger partial charge in [0.05, 0.1) is 7.11 Å². The van der Waals surface area contributed by atoms with E-state index in [1.165, 1.54) is 12.0 Å². The Bertz CT molecular complexity index is 347. The molecule has 2 rings (SSSR count). The lowest BCUT2D eigenvalue weighted by Crippen LogP contribution is -2.43. The Morgan fingerprint density at radius 1 is 1.43 bits per heavy atom. The minimum absolute atomic E-state index is 0.132. The summed E-state index contributed by atoms with van der Waals surface area (Å²) in [6, 6.07) is 5.97. The number of hydrogen-bond donors (Lipinski definition) is 1. The monoisotopic (exact) mass is 255 g/mol. The Morgan fingerprint density at radius 3 is 2.64 bits per heavy atom. The van der Waals surface area contributed by atoms with Crippen LogP contribution in [0.3, 0.4) is 0 Å². The first-order valence-electron chi connectivity index (χ1n) is 4.79. The van der Waals surface area contributed by atoms with E-state index in [0.29, 0.717) is 0 Å². The Hall–Kier alpha value is -0.540. The van der Waals surface area contributed by atoms with Gasteiger partial charge in [0.25, 0.3) is 0 Å². The SMILES string of the molecule is COc1ccc(Br)c(C2(N)CCC2)c1. The molecule has 0 spiro atoms. The van der Waals surface area contributed by atoms with E-state index in [9.17, 15) is 0 Å². The first kappa shape index (κ1) is 9.99. The van der Waals surface area contributed by atoms with E-state index >= 15 is 0 Å². The molecule has 0 aromatic heterocycles. The van der Waals surface area contributed by atoms with E-state index in [1.54, 1.807) is 7.11 Å². The van der Waals surface area contributed by atoms with Crippen molar-refractivity contribution in [3.05, 3.63) is 28.2 Å². The summed E-state index contributed by atoms with van der Waals surface area (Å²) in [7, 11) is 1.68. The van der Waals surface area contributed by atoms with Crippen molar-refractivity contribution in [1.29, 1.82) is 0 Å². The van der Waals surface area contributed by atoms with E-state index < -0.39 is 0 Å². The molecule has 0 saturated heterocycles. The van der Waals surface area contributed by atoms with E-state index in [2.05, 4.69) is 15.9 Å². The molecule has 76 valence electrons. The smallest absolute Gasteiger partial charge is 0.119 e. The highest BCUT2D eigenvalue weighted by atomic mass is 79.9. The number of halogens is 1. The summed E-state index contributed by atoms with van der Waals surface area (Å²) in [6.45, 7) is 0. The fourth-order valence-corrected chi connectivity index (χ4v) is 2.48. The molecule has 1 fully saturated rings. The number of nitrogens with two attached hydrogens (primary N) is 1. The molecule has 0 heterocycles. The van der Waals surface area contributed by atoms with Crippen molar-refractivity contribution in [2.75, 3.05) is 7.11 Å². The van der Waals surface area contributed by atoms with Gasteiger partial charge in [-0.15, -0.1) is 0 Å². The molecule has 2 N–H and O–H groups in total. The van der Waals surface area contributed by atoms with Gasteiger partial charge in [-0.3, -0.25) is 0 Å². The number of hydrogen-bond acceptors (Lipinski definition) is 2. The van der Waals surface area contributed by atoms with Crippen LogP contribution in [0.1, 0.15) is 24.8 Å². The predicted molar refractivity (Wildman–Crippen MR) is 60.4 cm³/mol. The molecule has 0 unspecified atom stereocenters. The summed E-state index contributed by atoms with van der Waals surface area (Å²) in [5, 5.41) is 0. The third-order valence-electron chi connectivity index (χ3n) is 2.96. The van der Waals surface area contributed by atoms with Crippen LogP contribution < -0.4 is 10.5 Å². The van der Waals surface area contributed by atoms with Crippen LogP contribution in [0, 0.1) is 0 Å². The third-order valence-corrected chi connectivity index (χ3v) is 3.65. The summed E-state index contributed by atoms with van der Waals surface area (Å²) in [5.74, 6) is 0.875. The molecule has 1 aromatic rings. The average molecular weight is 256 g/mol. The van der Waals surface area contributed by atoms with Gasteiger partial charge in [-0.2, -0.15) is 0 Å². The fraction of sp³-hybridized carbons (Fsp3) is 0.455. The van der Waals surface area contributed by atoms with Gasteiger partial charge in [0.15, 0.2) is 0 Å². The van der Waals surface area contributed by atoms with Crippen LogP contribution in [0.25, 0.3) is 0 Å². The van der Waals surface area contributed by atoms with Gasteiger partial charge in [0.1, 0.15) is 5.75 Å². The standard InChI is InChI=1S/C11H14BrNO/c1-14-8-3-4-10(12)9(7-8)11(13)5-2-6-11/h3-4,7H,2,5-6,13H2,1H3. The molecule has 0 bridgehead atoms. The van der Waals surface area contributed by atoms with Crippen molar-refractivity contribution in [3.8, 4) is 5.75 Å². The third kappa shape index (κ3) is 1.55. The Kier molecular flexibility index (Phi) is 2.54. The summed E-state index contributed by atoms with van der Waals surface area (Å²) in [4.78, 5) is 0. The second-order valence-corrected chi connectivity index (χ2v) is 4.71. The van der Waals surface area contributed by atoms with Crippen LogP contribution >= 0.6 is 15.9 Å². The molecule has 1 saturated carbocycles. The summed E-state index contributed by atoms with van der Waals surface area (Å²) < 4.78 is 6.28. The van der Waals surface area contributed by atoms with E-state index in [1.807, 2.05) is 18.2 Å². The van der Waals surface area contributed by atoms with Crippen molar-refractivity contribution < 1.29 is 4.74 Å². The average Bonchev–Trinajstić information content (AvgIpc) is 2.15. The molecular weight excluding hydrogens is 242 g/mol. The lowest BCUT2D eigenvalue weighted by molar-refractivity contribution is 0.251. The quantitative estimate of drug-likeness (QED) is 0.883. The lowest BCUT2D eigenvalue weighted by Gasteiger charge is -2.39. The maximum atomic E-state index is 6.26. The fourth-order valence-electron chi connectivity index (χ4n) is 1.84. The van der Waals surface area contributed by atoms with E-state index in [4.69, 9.17) is 10.5 Å². The second kappa shape index (κ2) is 3.55. The molecule has 2 nitrogen and oxygen atoms in total. The minimum Gasteiger partial charge on any atom is -0.497 e. The van der Waals surface area contributed by atoms with Gasteiger partial charge in [-0.05, 0) is 43.0 Å². The lowest BCUT2D eigenvalue weighted by atomic mass is 9.73. The molecule has 0 atom stereocenters. The van der Waals surface area contributed by atoms with Crippen LogP contribution in [0.4, 0.5) is 0 Å². The van der Waals surface area contributed by atoms with E-state index in [0.717, 1.165) is 23.1 Å². The molecule has 0 amide bonds. The second-order valence-electron chi connectivity index (χ2n) is 3.86. The topological polar surface area (TPSA) is 35.2 Å². The normalized spacial score (nSPS) is 18.8. The first-order valence-corrected chi connectivity index (χ1v) is 5.58. The Morgan fingerprint density at radius 2 is 2.14 bits per heavy atom. The van der Waals surface area contributed by atoms with Crippen molar-refractivity contribution in [2.24, 2.45) is 5.73 Å². The summed E-state index contributed by atoms with van der Waals surface area (Å²) in [5.41, 5.74) is 7.30. The number of benzene rings is 1. The highest BCUT2D eigenvalue weighted by molar-refractivity contribution is 9.10. The van der Waals surface area contributed by atoms with Gasteiger partial charge >= 0.3 is 0 Å². The molecule has 3 heteroatoms. The zero-order chi connectivity index (χ0) is 10.2. The maximum absolute atomic E-state index is 6.26. The molecule has 0 aliphatic heterocycles. The van der Waals surface area contributed by atoms with Crippen LogP contribution in [-0.2, 0) is 5.54 Å². The van der Waals surface area contributed by atoms with Crippen molar-refractivity contribution >= 4 is 15.9 Å². The predicted octanol–water partition coefficient (Wildman–Crippen LogP) is 2.80. The van der Waals surface area contributed by atoms with Gasteiger partial charge in [-0.25, -0.2) is 0 Å². The Labute approximate surface area is 92.6 Å². The summed E-state index contributed by atoms with van der Waals surface area (Å²) >= 11 is 3.53. The van der Waals surface area contributed by atoms with Crippen molar-refractivity contribution in [2.45, 2.75) is 24.8 Å². The van der Waals surface area contributed by atoms with Gasteiger partial charge in [0.2, 0.25) is 0 Å². The van der Waals surface area contributed by atoms with Crippen molar-refractivity contribution in [1.82, 2.24) is 0 Å². The number of methoxy groups -OCH3 is 1. The van der Waals surface area contributed by atoms with Gasteiger partial charge in [-0.1, -0.05) is 15.9 Å². The highest BCUT2D eigenvalue weighted by Crippen LogP contribution is 2.42. The molecule has 1 aliphatic carbocycles. The summed E-state index contributed by atoms with van der Waals surface area (Å²) in [6.07, 6.45) is 3.36. The minimum atomic E-state index is -0.132. The molecule has 0 radical (unpaired) electrons. The molecule has 1 aromatic carbocycles. The van der Waals surface area contributed by atoms with Crippen LogP contribution in [0.15, 0.2) is 22.7 Å². The van der Waals surface area contributed by atoms with E-state index in [-0.39, 0.29) is 5.54 Å². The van der Waals surface area contributed by atoms with Gasteiger partial charge < -0.3 is 10.5 Å². The van der Waals surface area contributed by atoms with Crippen LogP contribution in [-0.4, -0.2) is 7.11 Å². The zero-order valence-electron chi connectivity index (χ0n) is 8.22. The first-order chi connectivity index (χ1) is 6.65. The Balaban J connectivity index is 2.40. The number of rotatable bonds is 2. The largest absolute Gasteiger partial charge is 0.497 e. The molecule has 1 aliphatic rings. The van der Waals surface area contributed by atoms with Crippen LogP contribution in [0.2, 0.25) is 0 Å². The van der Waals surface area contributed by atoms with Crippen LogP contribution in [0.5, 0.6) is 5.75 Å². The number of ether oxygens (including phenoxy) is 1. The highest BCUT2D eigenvalue weighted by Gasteiger charge is 2.35. The molecular formula is C11H14BrNO. The molecule has 14 heavy (non-hydrogen) atoms. The maximum Gasteiger partial charge on any atom is 0.119 e. The zero-order valence-corrected chi connectivity index (χ0v) is 9.80. The van der Waals surface area contributed by atoms with Crippen molar-refractivity contribution in [3.63, 3.8) is 0 Å². The van der Waals surface area contributed by atoms with Gasteiger partial charge in [0, 0.05) is 10.0 Å².